The summed E-state index contributed by atoms with van der Waals surface area (Å²) >= 11 is 0. The molecule has 3 atom stereocenters. The molecule has 8 nitrogen and oxygen atoms in total. The van der Waals surface area contributed by atoms with Gasteiger partial charge >= 0.3 is 6.09 Å². The zero-order chi connectivity index (χ0) is 26.9. The molecule has 2 aromatic carbocycles. The van der Waals surface area contributed by atoms with Crippen molar-refractivity contribution in [2.75, 3.05) is 7.05 Å². The highest BCUT2D eigenvalue weighted by Crippen LogP contribution is 2.29. The third-order valence-corrected chi connectivity index (χ3v) is 5.60. The van der Waals surface area contributed by atoms with Crippen molar-refractivity contribution in [1.82, 2.24) is 15.5 Å². The van der Waals surface area contributed by atoms with E-state index in [-0.39, 0.29) is 18.2 Å². The van der Waals surface area contributed by atoms with Crippen LogP contribution in [-0.4, -0.2) is 52.6 Å². The molecule has 36 heavy (non-hydrogen) atoms. The van der Waals surface area contributed by atoms with Crippen molar-refractivity contribution in [3.63, 3.8) is 0 Å². The topological polar surface area (TPSA) is 108 Å². The van der Waals surface area contributed by atoms with E-state index in [4.69, 9.17) is 4.74 Å². The SMILES string of the molecule is CCCC(C)NC(=O)C(c1ccccc1O)N(C)C(=O)C(Cc1ccccc1)NC(=O)OC(C)(C)C. The van der Waals surface area contributed by atoms with Crippen LogP contribution in [0.4, 0.5) is 4.79 Å². The first-order chi connectivity index (χ1) is 16.9. The summed E-state index contributed by atoms with van der Waals surface area (Å²) in [5.74, 6) is -1.000. The molecule has 2 rings (SSSR count). The van der Waals surface area contributed by atoms with Gasteiger partial charge in [0.1, 0.15) is 23.4 Å². The molecular weight excluding hydrogens is 458 g/mol. The number of hydrogen-bond acceptors (Lipinski definition) is 5. The largest absolute Gasteiger partial charge is 0.508 e. The molecule has 3 N–H and O–H groups in total. The van der Waals surface area contributed by atoms with Crippen molar-refractivity contribution >= 4 is 17.9 Å². The molecule has 0 radical (unpaired) electrons. The fourth-order valence-corrected chi connectivity index (χ4v) is 3.94. The zero-order valence-corrected chi connectivity index (χ0v) is 22.1. The lowest BCUT2D eigenvalue weighted by atomic mass is 10.00. The number of aromatic hydroxyl groups is 1. The number of phenolic OH excluding ortho intramolecular Hbond substituents is 1. The number of para-hydroxylation sites is 1. The number of benzene rings is 2. The maximum atomic E-state index is 13.8. The fraction of sp³-hybridized carbons (Fsp3) is 0.464. The van der Waals surface area contributed by atoms with Crippen LogP contribution in [0.3, 0.4) is 0 Å². The van der Waals surface area contributed by atoms with E-state index in [9.17, 15) is 19.5 Å². The van der Waals surface area contributed by atoms with Crippen molar-refractivity contribution in [3.05, 3.63) is 65.7 Å². The van der Waals surface area contributed by atoms with Gasteiger partial charge in [-0.1, -0.05) is 61.9 Å². The molecule has 0 aliphatic heterocycles. The summed E-state index contributed by atoms with van der Waals surface area (Å²) in [7, 11) is 1.50. The van der Waals surface area contributed by atoms with Crippen LogP contribution in [0.2, 0.25) is 0 Å². The summed E-state index contributed by atoms with van der Waals surface area (Å²) in [5.41, 5.74) is 0.384. The van der Waals surface area contributed by atoms with Gasteiger partial charge in [0.25, 0.3) is 0 Å². The molecule has 8 heteroatoms. The number of amides is 3. The normalized spacial score (nSPS) is 13.7. The van der Waals surface area contributed by atoms with E-state index in [1.165, 1.54) is 18.0 Å². The highest BCUT2D eigenvalue weighted by atomic mass is 16.6. The van der Waals surface area contributed by atoms with Gasteiger partial charge in [-0.3, -0.25) is 9.59 Å². The smallest absolute Gasteiger partial charge is 0.408 e. The number of rotatable bonds is 10. The number of hydrogen-bond donors (Lipinski definition) is 3. The van der Waals surface area contributed by atoms with Gasteiger partial charge in [-0.25, -0.2) is 4.79 Å². The lowest BCUT2D eigenvalue weighted by Gasteiger charge is -2.32. The van der Waals surface area contributed by atoms with E-state index >= 15 is 0 Å². The molecule has 3 amide bonds. The van der Waals surface area contributed by atoms with E-state index < -0.39 is 35.6 Å². The van der Waals surface area contributed by atoms with Gasteiger partial charge in [-0.2, -0.15) is 0 Å². The van der Waals surface area contributed by atoms with Gasteiger partial charge in [-0.05, 0) is 45.7 Å². The average Bonchev–Trinajstić information content (AvgIpc) is 2.79. The maximum Gasteiger partial charge on any atom is 0.408 e. The first-order valence-electron chi connectivity index (χ1n) is 12.3. The number of phenols is 1. The lowest BCUT2D eigenvalue weighted by molar-refractivity contribution is -0.141. The van der Waals surface area contributed by atoms with Gasteiger partial charge < -0.3 is 25.4 Å². The molecular formula is C28H39N3O5. The molecule has 196 valence electrons. The van der Waals surface area contributed by atoms with Gasteiger partial charge in [0.05, 0.1) is 0 Å². The summed E-state index contributed by atoms with van der Waals surface area (Å²) in [6.07, 6.45) is 1.12. The standard InChI is InChI=1S/C28H39N3O5/c1-7-13-19(2)29-25(33)24(21-16-11-12-17-23(21)32)31(6)26(34)22(18-20-14-9-8-10-15-20)30-27(35)36-28(3,4)5/h8-12,14-17,19,22,24,32H,7,13,18H2,1-6H3,(H,29,33)(H,30,35). The Morgan fingerprint density at radius 2 is 1.61 bits per heavy atom. The van der Waals surface area contributed by atoms with E-state index in [2.05, 4.69) is 10.6 Å². The second kappa shape index (κ2) is 13.0. The predicted octanol–water partition coefficient (Wildman–Crippen LogP) is 4.33. The summed E-state index contributed by atoms with van der Waals surface area (Å²) in [6.45, 7) is 9.14. The number of carbonyl (C=O) groups excluding carboxylic acids is 3. The van der Waals surface area contributed by atoms with Crippen LogP contribution in [0, 0.1) is 0 Å². The van der Waals surface area contributed by atoms with Gasteiger partial charge in [0.15, 0.2) is 0 Å². The number of alkyl carbamates (subject to hydrolysis) is 1. The quantitative estimate of drug-likeness (QED) is 0.453. The molecule has 2 aromatic rings. The van der Waals surface area contributed by atoms with E-state index in [1.807, 2.05) is 44.2 Å². The van der Waals surface area contributed by atoms with Crippen molar-refractivity contribution in [2.24, 2.45) is 0 Å². The Morgan fingerprint density at radius 1 is 1.00 bits per heavy atom. The van der Waals surface area contributed by atoms with Crippen LogP contribution in [0.15, 0.2) is 54.6 Å². The Hall–Kier alpha value is -3.55. The number of likely N-dealkylation sites (N-methyl/N-ethyl adjacent to an activating group) is 1. The van der Waals surface area contributed by atoms with Crippen LogP contribution >= 0.6 is 0 Å². The Kier molecular flexibility index (Phi) is 10.3. The molecule has 0 fully saturated rings. The van der Waals surface area contributed by atoms with Gasteiger partial charge in [0.2, 0.25) is 11.8 Å². The van der Waals surface area contributed by atoms with Crippen molar-refractivity contribution in [1.29, 1.82) is 0 Å². The molecule has 0 saturated heterocycles. The van der Waals surface area contributed by atoms with Gasteiger partial charge in [-0.15, -0.1) is 0 Å². The predicted molar refractivity (Wildman–Crippen MR) is 139 cm³/mol. The van der Waals surface area contributed by atoms with Crippen molar-refractivity contribution in [2.45, 2.75) is 77.6 Å². The Balaban J connectivity index is 2.40. The first kappa shape index (κ1) is 28.7. The zero-order valence-electron chi connectivity index (χ0n) is 22.1. The summed E-state index contributed by atoms with van der Waals surface area (Å²) in [5, 5.41) is 16.2. The highest BCUT2D eigenvalue weighted by Gasteiger charge is 2.35. The second-order valence-electron chi connectivity index (χ2n) is 10.00. The Morgan fingerprint density at radius 3 is 2.19 bits per heavy atom. The summed E-state index contributed by atoms with van der Waals surface area (Å²) in [4.78, 5) is 41.1. The summed E-state index contributed by atoms with van der Waals surface area (Å²) in [6, 6.07) is 13.5. The fourth-order valence-electron chi connectivity index (χ4n) is 3.94. The van der Waals surface area contributed by atoms with Crippen molar-refractivity contribution in [3.8, 4) is 5.75 Å². The molecule has 0 aromatic heterocycles. The molecule has 0 spiro atoms. The van der Waals surface area contributed by atoms with Gasteiger partial charge in [0, 0.05) is 25.1 Å². The molecule has 0 saturated carbocycles. The number of nitrogens with one attached hydrogen (secondary N) is 2. The van der Waals surface area contributed by atoms with Crippen LogP contribution in [0.5, 0.6) is 5.75 Å². The lowest BCUT2D eigenvalue weighted by Crippen LogP contribution is -2.53. The minimum absolute atomic E-state index is 0.0971. The molecule has 0 bridgehead atoms. The second-order valence-corrected chi connectivity index (χ2v) is 10.00. The average molecular weight is 498 g/mol. The number of nitrogens with zero attached hydrogens (tertiary/aromatic N) is 1. The third kappa shape index (κ3) is 8.59. The minimum Gasteiger partial charge on any atom is -0.508 e. The summed E-state index contributed by atoms with van der Waals surface area (Å²) < 4.78 is 5.39. The van der Waals surface area contributed by atoms with Crippen LogP contribution < -0.4 is 10.6 Å². The van der Waals surface area contributed by atoms with Crippen LogP contribution in [0.1, 0.15) is 64.6 Å². The Labute approximate surface area is 214 Å². The molecule has 3 unspecified atom stereocenters. The molecule has 0 aliphatic carbocycles. The Bertz CT molecular complexity index is 1020. The van der Waals surface area contributed by atoms with Crippen LogP contribution in [-0.2, 0) is 20.7 Å². The number of ether oxygens (including phenoxy) is 1. The van der Waals surface area contributed by atoms with E-state index in [0.29, 0.717) is 5.56 Å². The minimum atomic E-state index is -1.10. The van der Waals surface area contributed by atoms with Crippen LogP contribution in [0.25, 0.3) is 0 Å². The molecule has 0 heterocycles. The van der Waals surface area contributed by atoms with E-state index in [1.54, 1.807) is 39.0 Å². The number of carbonyl (C=O) groups is 3. The van der Waals surface area contributed by atoms with Crippen molar-refractivity contribution < 1.29 is 24.2 Å². The monoisotopic (exact) mass is 497 g/mol. The molecule has 0 aliphatic rings. The maximum absolute atomic E-state index is 13.8. The third-order valence-electron chi connectivity index (χ3n) is 5.60. The highest BCUT2D eigenvalue weighted by molar-refractivity contribution is 5.92. The first-order valence-corrected chi connectivity index (χ1v) is 12.3. The van der Waals surface area contributed by atoms with E-state index in [0.717, 1.165) is 18.4 Å².